The van der Waals surface area contributed by atoms with Gasteiger partial charge in [0.05, 0.1) is 12.8 Å². The molecule has 29 heavy (non-hydrogen) atoms. The molecule has 0 unspecified atom stereocenters. The fraction of sp³-hybridized carbons (Fsp3) is 0.304. The molecule has 2 N–H and O–H groups in total. The standard InChI is InChI=1S/C23H28N4O2/c1-2-7-20-10-6-11-21(23(20)29)16-24-25-22(28)18-27-14-12-26(13-15-27)17-19-8-4-3-5-9-19/h2-6,8-11,16,29H,1,7,12-15,17-18H2,(H,25,28)/b24-16-/i12D2,13D2,14D2,15D2. The summed E-state index contributed by atoms with van der Waals surface area (Å²) in [4.78, 5) is 13.3. The van der Waals surface area contributed by atoms with Gasteiger partial charge in [0.25, 0.3) is 5.91 Å². The summed E-state index contributed by atoms with van der Waals surface area (Å²) in [5.74, 6) is -1.07. The first-order chi connectivity index (χ1) is 17.2. The van der Waals surface area contributed by atoms with Crippen LogP contribution in [-0.4, -0.2) is 59.6 Å². The van der Waals surface area contributed by atoms with Crippen molar-refractivity contribution in [2.45, 2.75) is 13.0 Å². The van der Waals surface area contributed by atoms with Crippen LogP contribution in [0.4, 0.5) is 0 Å². The number of aromatic hydroxyl groups is 1. The number of phenolic OH excluding ortho intramolecular Hbond substituents is 1. The van der Waals surface area contributed by atoms with E-state index in [-0.39, 0.29) is 16.2 Å². The van der Waals surface area contributed by atoms with Gasteiger partial charge >= 0.3 is 0 Å². The Labute approximate surface area is 183 Å². The fourth-order valence-corrected chi connectivity index (χ4v) is 2.61. The minimum atomic E-state index is -3.12. The Morgan fingerprint density at radius 3 is 2.59 bits per heavy atom. The molecule has 0 bridgehead atoms. The van der Waals surface area contributed by atoms with E-state index >= 15 is 0 Å². The second-order valence-electron chi connectivity index (χ2n) is 6.25. The highest BCUT2D eigenvalue weighted by Crippen LogP contribution is 2.21. The SMILES string of the molecule is [2H]C1([2H])N(CC(=O)N/N=C\c2cccc(CC=C)c2O)C([2H])([2H])C([2H])([2H])N(Cc2ccccc2)C1([2H])[2H]. The molecule has 0 atom stereocenters. The second-order valence-corrected chi connectivity index (χ2v) is 6.25. The lowest BCUT2D eigenvalue weighted by atomic mass is 10.1. The number of carbonyl (C=O) groups excluding carboxylic acids is 1. The molecule has 152 valence electrons. The lowest BCUT2D eigenvalue weighted by Crippen LogP contribution is -2.48. The maximum atomic E-state index is 12.6. The number of hydrogen-bond donors (Lipinski definition) is 2. The molecule has 6 heteroatoms. The van der Waals surface area contributed by atoms with Crippen molar-refractivity contribution in [1.82, 2.24) is 15.2 Å². The molecule has 2 aromatic carbocycles. The van der Waals surface area contributed by atoms with Gasteiger partial charge in [-0.2, -0.15) is 5.10 Å². The molecule has 0 aromatic heterocycles. The Kier molecular flexibility index (Phi) is 4.57. The van der Waals surface area contributed by atoms with E-state index in [1.165, 1.54) is 0 Å². The van der Waals surface area contributed by atoms with Crippen molar-refractivity contribution in [1.29, 1.82) is 0 Å². The Balaban J connectivity index is 1.83. The molecule has 1 saturated heterocycles. The summed E-state index contributed by atoms with van der Waals surface area (Å²) >= 11 is 0. The molecule has 1 amide bonds. The van der Waals surface area contributed by atoms with Gasteiger partial charge in [0, 0.05) is 49.1 Å². The quantitative estimate of drug-likeness (QED) is 0.406. The summed E-state index contributed by atoms with van der Waals surface area (Å²) in [5.41, 5.74) is 3.44. The number of allylic oxidation sites excluding steroid dienone is 1. The average molecular weight is 401 g/mol. The number of rotatable bonds is 8. The van der Waals surface area contributed by atoms with Crippen LogP contribution in [0.5, 0.6) is 5.75 Å². The molecule has 2 aromatic rings. The van der Waals surface area contributed by atoms with Crippen molar-refractivity contribution in [3.8, 4) is 5.75 Å². The summed E-state index contributed by atoms with van der Waals surface area (Å²) in [6.07, 6.45) is 3.17. The smallest absolute Gasteiger partial charge is 0.254 e. The Bertz CT molecular complexity index is 1150. The number of benzene rings is 2. The van der Waals surface area contributed by atoms with E-state index in [0.717, 1.165) is 6.21 Å². The van der Waals surface area contributed by atoms with Crippen molar-refractivity contribution in [3.63, 3.8) is 0 Å². The first-order valence-electron chi connectivity index (χ1n) is 13.0. The van der Waals surface area contributed by atoms with Crippen LogP contribution in [0.15, 0.2) is 66.3 Å². The minimum absolute atomic E-state index is 0.0657. The third-order valence-electron chi connectivity index (χ3n) is 4.03. The molecule has 1 aliphatic rings. The van der Waals surface area contributed by atoms with Gasteiger partial charge in [-0.1, -0.05) is 48.5 Å². The Hall–Kier alpha value is -2.96. The number of hydrazone groups is 1. The first kappa shape index (κ1) is 12.6. The monoisotopic (exact) mass is 400 g/mol. The summed E-state index contributed by atoms with van der Waals surface area (Å²) in [6, 6.07) is 13.1. The van der Waals surface area contributed by atoms with Gasteiger partial charge in [-0.3, -0.25) is 14.6 Å². The molecule has 1 heterocycles. The highest BCUT2D eigenvalue weighted by molar-refractivity contribution is 5.86. The lowest BCUT2D eigenvalue weighted by molar-refractivity contribution is -0.122. The molecular weight excluding hydrogens is 364 g/mol. The number of nitrogens with one attached hydrogen (secondary N) is 1. The van der Waals surface area contributed by atoms with Gasteiger partial charge in [0.2, 0.25) is 0 Å². The Morgan fingerprint density at radius 1 is 1.14 bits per heavy atom. The van der Waals surface area contributed by atoms with Crippen molar-refractivity contribution < 1.29 is 20.9 Å². The zero-order valence-corrected chi connectivity index (χ0v) is 15.8. The van der Waals surface area contributed by atoms with Crippen molar-refractivity contribution in [2.75, 3.05) is 32.5 Å². The molecule has 0 radical (unpaired) electrons. The highest BCUT2D eigenvalue weighted by Gasteiger charge is 2.18. The molecule has 3 rings (SSSR count). The fourth-order valence-electron chi connectivity index (χ4n) is 2.61. The molecule has 0 saturated carbocycles. The van der Waals surface area contributed by atoms with E-state index in [9.17, 15) is 9.90 Å². The number of piperazine rings is 1. The van der Waals surface area contributed by atoms with Crippen LogP contribution < -0.4 is 5.43 Å². The van der Waals surface area contributed by atoms with Crippen LogP contribution >= 0.6 is 0 Å². The average Bonchev–Trinajstić information content (AvgIpc) is 2.82. The Morgan fingerprint density at radius 2 is 1.86 bits per heavy atom. The summed E-state index contributed by atoms with van der Waals surface area (Å²) in [5, 5.41) is 14.0. The van der Waals surface area contributed by atoms with E-state index in [0.29, 0.717) is 22.4 Å². The number of nitrogens with zero attached hydrogens (tertiary/aromatic N) is 3. The molecule has 0 spiro atoms. The zero-order chi connectivity index (χ0) is 27.6. The van der Waals surface area contributed by atoms with Crippen LogP contribution in [0, 0.1) is 0 Å². The molecular formula is C23H28N4O2. The second kappa shape index (κ2) is 10.5. The first-order valence-corrected chi connectivity index (χ1v) is 9.01. The van der Waals surface area contributed by atoms with E-state index in [2.05, 4.69) is 17.1 Å². The molecule has 0 aliphatic carbocycles. The van der Waals surface area contributed by atoms with E-state index in [4.69, 9.17) is 11.0 Å². The topological polar surface area (TPSA) is 68.2 Å². The van der Waals surface area contributed by atoms with Crippen LogP contribution in [0.3, 0.4) is 0 Å². The maximum absolute atomic E-state index is 12.6. The predicted octanol–water partition coefficient (Wildman–Crippen LogP) is 2.39. The van der Waals surface area contributed by atoms with Crippen molar-refractivity contribution in [2.24, 2.45) is 5.10 Å². The third kappa shape index (κ3) is 6.27. The number of phenols is 1. The van der Waals surface area contributed by atoms with Crippen molar-refractivity contribution >= 4 is 12.1 Å². The third-order valence-corrected chi connectivity index (χ3v) is 4.03. The number of carbonyl (C=O) groups is 1. The van der Waals surface area contributed by atoms with E-state index < -0.39 is 45.0 Å². The maximum Gasteiger partial charge on any atom is 0.254 e. The van der Waals surface area contributed by atoms with E-state index in [1.807, 2.05) is 0 Å². The predicted molar refractivity (Wildman–Crippen MR) is 116 cm³/mol. The highest BCUT2D eigenvalue weighted by atomic mass is 16.3. The zero-order valence-electron chi connectivity index (χ0n) is 23.8. The molecule has 6 nitrogen and oxygen atoms in total. The summed E-state index contributed by atoms with van der Waals surface area (Å²) < 4.78 is 67.5. The van der Waals surface area contributed by atoms with Gasteiger partial charge in [-0.05, 0) is 23.6 Å². The summed E-state index contributed by atoms with van der Waals surface area (Å²) in [7, 11) is 0. The van der Waals surface area contributed by atoms with Gasteiger partial charge in [-0.15, -0.1) is 6.58 Å². The molecule has 1 fully saturated rings. The molecule has 1 aliphatic heterocycles. The van der Waals surface area contributed by atoms with Crippen LogP contribution in [0.2, 0.25) is 0 Å². The normalized spacial score (nSPS) is 26.5. The van der Waals surface area contributed by atoms with Crippen LogP contribution in [0.25, 0.3) is 0 Å². The lowest BCUT2D eigenvalue weighted by Gasteiger charge is -2.34. The number of amides is 1. The number of para-hydroxylation sites is 1. The van der Waals surface area contributed by atoms with Gasteiger partial charge in [-0.25, -0.2) is 5.43 Å². The summed E-state index contributed by atoms with van der Waals surface area (Å²) in [6.45, 7) is -10.1. The van der Waals surface area contributed by atoms with Crippen LogP contribution in [-0.2, 0) is 17.8 Å². The van der Waals surface area contributed by atoms with Gasteiger partial charge in [0.15, 0.2) is 0 Å². The number of hydrogen-bond acceptors (Lipinski definition) is 5. The van der Waals surface area contributed by atoms with E-state index in [1.54, 1.807) is 54.6 Å². The minimum Gasteiger partial charge on any atom is -0.507 e. The van der Waals surface area contributed by atoms with Crippen molar-refractivity contribution in [3.05, 3.63) is 77.9 Å². The van der Waals surface area contributed by atoms with Crippen LogP contribution in [0.1, 0.15) is 27.7 Å². The van der Waals surface area contributed by atoms with Gasteiger partial charge < -0.3 is 5.11 Å². The van der Waals surface area contributed by atoms with Gasteiger partial charge in [0.1, 0.15) is 5.75 Å². The largest absolute Gasteiger partial charge is 0.507 e.